The quantitative estimate of drug-likeness (QED) is 0.677. The maximum Gasteiger partial charge on any atom is 0.251 e. The number of carbonyl (C=O) groups excluding carboxylic acids is 3. The van der Waals surface area contributed by atoms with Gasteiger partial charge in [-0.2, -0.15) is 0 Å². The first-order valence-electron chi connectivity index (χ1n) is 13.2. The standard InChI is InChI=1S/C29H36N4O4/c1-21-7-6-8-23(19-21)26(34)30-25(22-11-17-37-18-12-22)27(35)32-15-13-29(14-16-32)28(36)31(2)20-33(29)24-9-4-3-5-10-24/h3-10,19,22,25H,11-18,20H2,1-2H3,(H,30,34)/t25-/m0/s1. The number of piperidine rings is 1. The number of nitrogens with zero attached hydrogens (tertiary/aromatic N) is 3. The lowest BCUT2D eigenvalue weighted by Gasteiger charge is -2.44. The summed E-state index contributed by atoms with van der Waals surface area (Å²) in [4.78, 5) is 46.2. The molecule has 37 heavy (non-hydrogen) atoms. The van der Waals surface area contributed by atoms with Crippen LogP contribution < -0.4 is 10.2 Å². The molecule has 1 spiro atoms. The van der Waals surface area contributed by atoms with Gasteiger partial charge in [0.1, 0.15) is 11.6 Å². The molecule has 0 aliphatic carbocycles. The van der Waals surface area contributed by atoms with Crippen molar-refractivity contribution in [2.75, 3.05) is 44.9 Å². The number of ether oxygens (including phenoxy) is 1. The van der Waals surface area contributed by atoms with E-state index in [1.54, 1.807) is 11.0 Å². The average molecular weight is 505 g/mol. The normalized spacial score (nSPS) is 20.8. The molecule has 3 aliphatic heterocycles. The molecule has 3 amide bonds. The molecule has 196 valence electrons. The number of carbonyl (C=O) groups is 3. The van der Waals surface area contributed by atoms with Crippen LogP contribution in [0, 0.1) is 12.8 Å². The van der Waals surface area contributed by atoms with Gasteiger partial charge in [-0.05, 0) is 62.8 Å². The van der Waals surface area contributed by atoms with Gasteiger partial charge in [-0.25, -0.2) is 0 Å². The Kier molecular flexibility index (Phi) is 7.20. The highest BCUT2D eigenvalue weighted by Gasteiger charge is 2.53. The van der Waals surface area contributed by atoms with Crippen molar-refractivity contribution in [1.82, 2.24) is 15.1 Å². The van der Waals surface area contributed by atoms with Gasteiger partial charge in [-0.1, -0.05) is 35.9 Å². The second-order valence-corrected chi connectivity index (χ2v) is 10.5. The number of aryl methyl sites for hydroxylation is 1. The lowest BCUT2D eigenvalue weighted by atomic mass is 9.84. The number of hydrogen-bond donors (Lipinski definition) is 1. The topological polar surface area (TPSA) is 82.2 Å². The number of hydrogen-bond acceptors (Lipinski definition) is 5. The summed E-state index contributed by atoms with van der Waals surface area (Å²) in [6, 6.07) is 16.8. The number of rotatable bonds is 5. The van der Waals surface area contributed by atoms with Crippen LogP contribution in [0.4, 0.5) is 5.69 Å². The Morgan fingerprint density at radius 3 is 2.41 bits per heavy atom. The fourth-order valence-corrected chi connectivity index (χ4v) is 6.04. The van der Waals surface area contributed by atoms with Gasteiger partial charge >= 0.3 is 0 Å². The second-order valence-electron chi connectivity index (χ2n) is 10.5. The molecule has 3 heterocycles. The summed E-state index contributed by atoms with van der Waals surface area (Å²) < 4.78 is 5.53. The zero-order chi connectivity index (χ0) is 26.0. The third-order valence-electron chi connectivity index (χ3n) is 8.16. The minimum Gasteiger partial charge on any atom is -0.381 e. The van der Waals surface area contributed by atoms with Gasteiger partial charge in [0.15, 0.2) is 0 Å². The maximum absolute atomic E-state index is 13.9. The number of anilines is 1. The van der Waals surface area contributed by atoms with Crippen molar-refractivity contribution in [1.29, 1.82) is 0 Å². The number of benzene rings is 2. The molecule has 3 fully saturated rings. The van der Waals surface area contributed by atoms with Gasteiger partial charge in [0.25, 0.3) is 5.91 Å². The van der Waals surface area contributed by atoms with Gasteiger partial charge in [-0.3, -0.25) is 14.4 Å². The largest absolute Gasteiger partial charge is 0.381 e. The Bertz CT molecular complexity index is 1140. The van der Waals surface area contributed by atoms with Crippen molar-refractivity contribution in [3.05, 3.63) is 65.7 Å². The van der Waals surface area contributed by atoms with Gasteiger partial charge in [0.05, 0.1) is 6.67 Å². The van der Waals surface area contributed by atoms with Crippen LogP contribution in [0.3, 0.4) is 0 Å². The highest BCUT2D eigenvalue weighted by molar-refractivity contribution is 5.98. The molecule has 0 saturated carbocycles. The van der Waals surface area contributed by atoms with E-state index in [1.807, 2.05) is 67.4 Å². The molecule has 1 N–H and O–H groups in total. The zero-order valence-electron chi connectivity index (χ0n) is 21.7. The molecule has 0 radical (unpaired) electrons. The monoisotopic (exact) mass is 504 g/mol. The van der Waals surface area contributed by atoms with Crippen molar-refractivity contribution in [3.8, 4) is 0 Å². The van der Waals surface area contributed by atoms with Crippen LogP contribution in [0.2, 0.25) is 0 Å². The van der Waals surface area contributed by atoms with Crippen molar-refractivity contribution < 1.29 is 19.1 Å². The molecule has 8 nitrogen and oxygen atoms in total. The first kappa shape index (κ1) is 25.3. The Hall–Kier alpha value is -3.39. The molecular weight excluding hydrogens is 468 g/mol. The highest BCUT2D eigenvalue weighted by Crippen LogP contribution is 2.39. The van der Waals surface area contributed by atoms with Gasteiger partial charge in [0, 0.05) is 44.6 Å². The smallest absolute Gasteiger partial charge is 0.251 e. The fourth-order valence-electron chi connectivity index (χ4n) is 6.04. The number of nitrogens with one attached hydrogen (secondary N) is 1. The first-order chi connectivity index (χ1) is 17.9. The van der Waals surface area contributed by atoms with Crippen molar-refractivity contribution in [3.63, 3.8) is 0 Å². The third kappa shape index (κ3) is 4.94. The van der Waals surface area contributed by atoms with E-state index in [4.69, 9.17) is 4.74 Å². The predicted molar refractivity (Wildman–Crippen MR) is 141 cm³/mol. The van der Waals surface area contributed by atoms with Crippen LogP contribution in [-0.4, -0.2) is 79.1 Å². The molecule has 2 aromatic carbocycles. The Morgan fingerprint density at radius 1 is 1.03 bits per heavy atom. The molecule has 0 bridgehead atoms. The summed E-state index contributed by atoms with van der Waals surface area (Å²) in [5.41, 5.74) is 1.93. The molecule has 0 unspecified atom stereocenters. The van der Waals surface area contributed by atoms with Crippen LogP contribution >= 0.6 is 0 Å². The summed E-state index contributed by atoms with van der Waals surface area (Å²) in [5, 5.41) is 3.07. The van der Waals surface area contributed by atoms with Crippen LogP contribution in [0.5, 0.6) is 0 Å². The number of para-hydroxylation sites is 1. The third-order valence-corrected chi connectivity index (χ3v) is 8.16. The summed E-state index contributed by atoms with van der Waals surface area (Å²) in [5.74, 6) is -0.166. The van der Waals surface area contributed by atoms with Crippen molar-refractivity contribution >= 4 is 23.4 Å². The Morgan fingerprint density at radius 2 is 1.73 bits per heavy atom. The number of amides is 3. The van der Waals surface area contributed by atoms with Gasteiger partial charge in [-0.15, -0.1) is 0 Å². The Balaban J connectivity index is 1.33. The predicted octanol–water partition coefficient (Wildman–Crippen LogP) is 2.82. The molecule has 5 rings (SSSR count). The van der Waals surface area contributed by atoms with E-state index in [-0.39, 0.29) is 23.6 Å². The van der Waals surface area contributed by atoms with Crippen molar-refractivity contribution in [2.45, 2.75) is 44.2 Å². The number of likely N-dealkylation sites (N-methyl/N-ethyl adjacent to an activating group) is 1. The molecule has 0 aromatic heterocycles. The van der Waals surface area contributed by atoms with Gasteiger partial charge < -0.3 is 24.8 Å². The average Bonchev–Trinajstić information content (AvgIpc) is 3.17. The summed E-state index contributed by atoms with van der Waals surface area (Å²) in [6.07, 6.45) is 2.58. The van der Waals surface area contributed by atoms with Crippen LogP contribution in [0.25, 0.3) is 0 Å². The van der Waals surface area contributed by atoms with Crippen LogP contribution in [0.1, 0.15) is 41.6 Å². The minimum absolute atomic E-state index is 0.0194. The van der Waals surface area contributed by atoms with Crippen LogP contribution in [-0.2, 0) is 14.3 Å². The molecule has 1 atom stereocenters. The van der Waals surface area contributed by atoms with E-state index in [9.17, 15) is 14.4 Å². The van der Waals surface area contributed by atoms with E-state index >= 15 is 0 Å². The Labute approximate surface area is 218 Å². The summed E-state index contributed by atoms with van der Waals surface area (Å²) >= 11 is 0. The van der Waals surface area contributed by atoms with Crippen LogP contribution in [0.15, 0.2) is 54.6 Å². The van der Waals surface area contributed by atoms with E-state index in [0.29, 0.717) is 51.4 Å². The lowest BCUT2D eigenvalue weighted by Crippen LogP contribution is -2.60. The molecular formula is C29H36N4O4. The van der Waals surface area contributed by atoms with E-state index in [0.717, 1.165) is 24.1 Å². The second kappa shape index (κ2) is 10.5. The van der Waals surface area contributed by atoms with E-state index < -0.39 is 11.6 Å². The number of likely N-dealkylation sites (tertiary alicyclic amines) is 1. The summed E-state index contributed by atoms with van der Waals surface area (Å²) in [7, 11) is 1.84. The van der Waals surface area contributed by atoms with Gasteiger partial charge in [0.2, 0.25) is 11.8 Å². The van der Waals surface area contributed by atoms with E-state index in [1.165, 1.54) is 0 Å². The molecule has 2 aromatic rings. The first-order valence-corrected chi connectivity index (χ1v) is 13.2. The maximum atomic E-state index is 13.9. The highest BCUT2D eigenvalue weighted by atomic mass is 16.5. The lowest BCUT2D eigenvalue weighted by molar-refractivity contribution is -0.140. The molecule has 3 aliphatic rings. The van der Waals surface area contributed by atoms with Crippen molar-refractivity contribution in [2.24, 2.45) is 5.92 Å². The molecule has 8 heteroatoms. The van der Waals surface area contributed by atoms with E-state index in [2.05, 4.69) is 10.2 Å². The summed E-state index contributed by atoms with van der Waals surface area (Å²) in [6.45, 7) is 4.61. The fraction of sp³-hybridized carbons (Fsp3) is 0.483. The SMILES string of the molecule is Cc1cccc(C(=O)N[C@H](C(=O)N2CCC3(CC2)C(=O)N(C)CN3c2ccccc2)C2CCOCC2)c1. The minimum atomic E-state index is -0.647. The zero-order valence-corrected chi connectivity index (χ0v) is 21.7. The molecule has 3 saturated heterocycles.